The van der Waals surface area contributed by atoms with Gasteiger partial charge in [0.2, 0.25) is 0 Å². The Balaban J connectivity index is 1.88. The first-order chi connectivity index (χ1) is 12.6. The van der Waals surface area contributed by atoms with E-state index in [-0.39, 0.29) is 36.1 Å². The standard InChI is InChI=1S/C19H16FN3O3/c1-2-7-22-16-9-15(13(20)8-17(16)26-10-18(22)24)23-11-21-14-6-4-3-5-12(14)19(23)25/h1,8-9,11H,3-7,10H2. The van der Waals surface area contributed by atoms with Gasteiger partial charge < -0.3 is 4.74 Å². The van der Waals surface area contributed by atoms with Crippen molar-refractivity contribution in [2.45, 2.75) is 25.7 Å². The monoisotopic (exact) mass is 353 g/mol. The van der Waals surface area contributed by atoms with Crippen molar-refractivity contribution in [2.75, 3.05) is 18.1 Å². The van der Waals surface area contributed by atoms with Crippen molar-refractivity contribution in [2.24, 2.45) is 0 Å². The van der Waals surface area contributed by atoms with Gasteiger partial charge in [0.05, 0.1) is 23.6 Å². The number of carbonyl (C=O) groups excluding carboxylic acids is 1. The van der Waals surface area contributed by atoms with Crippen LogP contribution >= 0.6 is 0 Å². The highest BCUT2D eigenvalue weighted by atomic mass is 19.1. The van der Waals surface area contributed by atoms with Crippen LogP contribution in [0.1, 0.15) is 24.1 Å². The molecule has 1 aliphatic carbocycles. The molecule has 1 amide bonds. The van der Waals surface area contributed by atoms with Crippen LogP contribution in [0.4, 0.5) is 10.1 Å². The highest BCUT2D eigenvalue weighted by Crippen LogP contribution is 2.35. The van der Waals surface area contributed by atoms with Crippen LogP contribution < -0.4 is 15.2 Å². The number of anilines is 1. The molecule has 0 saturated heterocycles. The molecule has 2 heterocycles. The molecule has 0 bridgehead atoms. The summed E-state index contributed by atoms with van der Waals surface area (Å²) in [5, 5.41) is 0. The summed E-state index contributed by atoms with van der Waals surface area (Å²) >= 11 is 0. The Hall–Kier alpha value is -3.14. The molecule has 0 atom stereocenters. The van der Waals surface area contributed by atoms with Crippen molar-refractivity contribution in [1.29, 1.82) is 0 Å². The Morgan fingerprint density at radius 3 is 2.85 bits per heavy atom. The zero-order valence-electron chi connectivity index (χ0n) is 14.0. The lowest BCUT2D eigenvalue weighted by atomic mass is 9.97. The van der Waals surface area contributed by atoms with Crippen molar-refractivity contribution >= 4 is 11.6 Å². The van der Waals surface area contributed by atoms with Gasteiger partial charge in [0.25, 0.3) is 11.5 Å². The van der Waals surface area contributed by atoms with Crippen molar-refractivity contribution in [3.8, 4) is 23.8 Å². The van der Waals surface area contributed by atoms with Gasteiger partial charge in [-0.1, -0.05) is 5.92 Å². The number of halogens is 1. The SMILES string of the molecule is C#CCN1C(=O)COc2cc(F)c(-n3cnc4c(c3=O)CCCC4)cc21. The van der Waals surface area contributed by atoms with Crippen LogP contribution in [0, 0.1) is 18.2 Å². The predicted octanol–water partition coefficient (Wildman–Crippen LogP) is 1.61. The van der Waals surface area contributed by atoms with Gasteiger partial charge in [0.15, 0.2) is 12.4 Å². The third-order valence-electron chi connectivity index (χ3n) is 4.73. The quantitative estimate of drug-likeness (QED) is 0.770. The van der Waals surface area contributed by atoms with E-state index in [1.165, 1.54) is 27.9 Å². The second kappa shape index (κ2) is 6.30. The maximum Gasteiger partial charge on any atom is 0.265 e. The summed E-state index contributed by atoms with van der Waals surface area (Å²) in [5.41, 5.74) is 1.50. The number of benzene rings is 1. The number of carbonyl (C=O) groups is 1. The number of ether oxygens (including phenoxy) is 1. The topological polar surface area (TPSA) is 64.4 Å². The van der Waals surface area contributed by atoms with Crippen LogP contribution in [0.2, 0.25) is 0 Å². The summed E-state index contributed by atoms with van der Waals surface area (Å²) < 4.78 is 21.2. The van der Waals surface area contributed by atoms with Crippen molar-refractivity contribution in [1.82, 2.24) is 9.55 Å². The van der Waals surface area contributed by atoms with E-state index in [9.17, 15) is 14.0 Å². The smallest absolute Gasteiger partial charge is 0.265 e. The number of hydrogen-bond donors (Lipinski definition) is 0. The molecule has 7 heteroatoms. The lowest BCUT2D eigenvalue weighted by molar-refractivity contribution is -0.121. The third-order valence-corrected chi connectivity index (χ3v) is 4.73. The number of aromatic nitrogens is 2. The molecule has 1 aromatic heterocycles. The summed E-state index contributed by atoms with van der Waals surface area (Å²) in [6.07, 6.45) is 9.99. The molecule has 0 unspecified atom stereocenters. The van der Waals surface area contributed by atoms with Crippen molar-refractivity contribution < 1.29 is 13.9 Å². The second-order valence-electron chi connectivity index (χ2n) is 6.30. The lowest BCUT2D eigenvalue weighted by Gasteiger charge is -2.28. The van der Waals surface area contributed by atoms with E-state index < -0.39 is 5.82 Å². The number of hydrogen-bond acceptors (Lipinski definition) is 4. The summed E-state index contributed by atoms with van der Waals surface area (Å²) in [6.45, 7) is -0.161. The van der Waals surface area contributed by atoms with E-state index in [2.05, 4.69) is 10.9 Å². The lowest BCUT2D eigenvalue weighted by Crippen LogP contribution is -2.39. The highest BCUT2D eigenvalue weighted by molar-refractivity contribution is 5.98. The minimum Gasteiger partial charge on any atom is -0.481 e. The Morgan fingerprint density at radius 1 is 1.23 bits per heavy atom. The average Bonchev–Trinajstić information content (AvgIpc) is 2.65. The Labute approximate surface area is 149 Å². The first-order valence-corrected chi connectivity index (χ1v) is 8.40. The minimum atomic E-state index is -0.626. The number of aryl methyl sites for hydroxylation is 1. The van der Waals surface area contributed by atoms with Gasteiger partial charge in [0, 0.05) is 11.6 Å². The molecule has 0 spiro atoms. The molecule has 6 nitrogen and oxygen atoms in total. The Kier molecular flexibility index (Phi) is 3.96. The van der Waals surface area contributed by atoms with Crippen LogP contribution in [0.25, 0.3) is 5.69 Å². The van der Waals surface area contributed by atoms with Crippen LogP contribution in [-0.2, 0) is 17.6 Å². The molecule has 1 aromatic carbocycles. The van der Waals surface area contributed by atoms with Crippen LogP contribution in [0.15, 0.2) is 23.3 Å². The summed E-state index contributed by atoms with van der Waals surface area (Å²) in [4.78, 5) is 30.6. The number of amides is 1. The summed E-state index contributed by atoms with van der Waals surface area (Å²) in [7, 11) is 0. The van der Waals surface area contributed by atoms with E-state index in [0.29, 0.717) is 17.7 Å². The maximum absolute atomic E-state index is 14.7. The van der Waals surface area contributed by atoms with E-state index in [1.807, 2.05) is 0 Å². The number of fused-ring (bicyclic) bond motifs is 2. The first kappa shape index (κ1) is 16.3. The molecule has 0 fully saturated rings. The maximum atomic E-state index is 14.7. The van der Waals surface area contributed by atoms with E-state index in [4.69, 9.17) is 11.2 Å². The largest absolute Gasteiger partial charge is 0.481 e. The first-order valence-electron chi connectivity index (χ1n) is 8.40. The van der Waals surface area contributed by atoms with Crippen LogP contribution in [0.3, 0.4) is 0 Å². The molecule has 0 radical (unpaired) electrons. The Morgan fingerprint density at radius 2 is 2.04 bits per heavy atom. The van der Waals surface area contributed by atoms with Gasteiger partial charge >= 0.3 is 0 Å². The minimum absolute atomic E-state index is 0.0231. The number of rotatable bonds is 2. The summed E-state index contributed by atoms with van der Waals surface area (Å²) in [6, 6.07) is 2.59. The summed E-state index contributed by atoms with van der Waals surface area (Å²) in [5.74, 6) is 1.69. The van der Waals surface area contributed by atoms with Gasteiger partial charge in [-0.2, -0.15) is 0 Å². The normalized spacial score (nSPS) is 15.7. The van der Waals surface area contributed by atoms with Gasteiger partial charge in [-0.3, -0.25) is 19.1 Å². The molecule has 1 aliphatic heterocycles. The van der Waals surface area contributed by atoms with Gasteiger partial charge in [-0.05, 0) is 31.7 Å². The zero-order chi connectivity index (χ0) is 18.3. The molecule has 2 aromatic rings. The van der Waals surface area contributed by atoms with Crippen LogP contribution in [0.5, 0.6) is 5.75 Å². The van der Waals surface area contributed by atoms with E-state index in [0.717, 1.165) is 25.0 Å². The number of nitrogens with zero attached hydrogens (tertiary/aromatic N) is 3. The van der Waals surface area contributed by atoms with Crippen LogP contribution in [-0.4, -0.2) is 28.6 Å². The second-order valence-corrected chi connectivity index (χ2v) is 6.30. The predicted molar refractivity (Wildman–Crippen MR) is 93.1 cm³/mol. The van der Waals surface area contributed by atoms with E-state index >= 15 is 0 Å². The third kappa shape index (κ3) is 2.54. The molecule has 26 heavy (non-hydrogen) atoms. The molecule has 132 valence electrons. The fourth-order valence-corrected chi connectivity index (χ4v) is 3.42. The van der Waals surface area contributed by atoms with Crippen molar-refractivity contribution in [3.05, 3.63) is 45.9 Å². The van der Waals surface area contributed by atoms with Gasteiger partial charge in [-0.15, -0.1) is 6.42 Å². The zero-order valence-corrected chi connectivity index (χ0v) is 14.0. The molecule has 0 saturated carbocycles. The van der Waals surface area contributed by atoms with Gasteiger partial charge in [0.1, 0.15) is 12.1 Å². The van der Waals surface area contributed by atoms with E-state index in [1.54, 1.807) is 0 Å². The van der Waals surface area contributed by atoms with Gasteiger partial charge in [-0.25, -0.2) is 9.37 Å². The molecule has 4 rings (SSSR count). The molecule has 2 aliphatic rings. The molecular weight excluding hydrogens is 337 g/mol. The number of terminal acetylenes is 1. The molecular formula is C19H16FN3O3. The highest BCUT2D eigenvalue weighted by Gasteiger charge is 2.27. The Bertz CT molecular complexity index is 1010. The fourth-order valence-electron chi connectivity index (χ4n) is 3.42. The fraction of sp³-hybridized carbons (Fsp3) is 0.316. The average molecular weight is 353 g/mol. The molecule has 0 N–H and O–H groups in total. The van der Waals surface area contributed by atoms with Crippen molar-refractivity contribution in [3.63, 3.8) is 0 Å².